The summed E-state index contributed by atoms with van der Waals surface area (Å²) in [6.07, 6.45) is 0.812. The zero-order chi connectivity index (χ0) is 19.7. The van der Waals surface area contributed by atoms with Gasteiger partial charge in [-0.3, -0.25) is 4.79 Å². The van der Waals surface area contributed by atoms with E-state index in [0.717, 1.165) is 33.1 Å². The Morgan fingerprint density at radius 3 is 2.61 bits per heavy atom. The average Bonchev–Trinajstić information content (AvgIpc) is 3.16. The Kier molecular flexibility index (Phi) is 5.09. The van der Waals surface area contributed by atoms with Crippen LogP contribution in [0.2, 0.25) is 0 Å². The van der Waals surface area contributed by atoms with Crippen LogP contribution in [0.3, 0.4) is 0 Å². The molecular weight excluding hydrogens is 374 g/mol. The van der Waals surface area contributed by atoms with E-state index in [0.29, 0.717) is 25.4 Å². The number of carbonyl (C=O) groups is 1. The molecule has 1 aliphatic heterocycles. The molecule has 2 aromatic carbocycles. The molecule has 1 aliphatic rings. The van der Waals surface area contributed by atoms with Crippen LogP contribution in [0.15, 0.2) is 36.4 Å². The summed E-state index contributed by atoms with van der Waals surface area (Å²) in [6.45, 7) is 1.60. The first-order chi connectivity index (χ1) is 13.6. The van der Waals surface area contributed by atoms with Gasteiger partial charge in [0, 0.05) is 20.1 Å². The summed E-state index contributed by atoms with van der Waals surface area (Å²) in [4.78, 5) is 21.3. The number of ether oxygens (including phenoxy) is 2. The van der Waals surface area contributed by atoms with Crippen molar-refractivity contribution in [2.45, 2.75) is 13.0 Å². The molecular formula is C21H23N3O3S. The molecule has 0 N–H and O–H groups in total. The van der Waals surface area contributed by atoms with Crippen LogP contribution in [0.25, 0.3) is 10.2 Å². The van der Waals surface area contributed by atoms with Crippen LogP contribution in [0.5, 0.6) is 11.5 Å². The second-order valence-electron chi connectivity index (χ2n) is 6.86. The van der Waals surface area contributed by atoms with Gasteiger partial charge in [-0.15, -0.1) is 0 Å². The lowest BCUT2D eigenvalue weighted by Gasteiger charge is -2.31. The monoisotopic (exact) mass is 397 g/mol. The molecule has 1 aromatic heterocycles. The minimum atomic E-state index is 0.0993. The third kappa shape index (κ3) is 3.49. The maximum atomic E-state index is 12.9. The number of amides is 1. The van der Waals surface area contributed by atoms with Crippen LogP contribution in [-0.4, -0.2) is 50.1 Å². The number of fused-ring (bicyclic) bond motifs is 2. The lowest BCUT2D eigenvalue weighted by Crippen LogP contribution is -2.41. The number of para-hydroxylation sites is 1. The Morgan fingerprint density at radius 2 is 1.89 bits per heavy atom. The number of carbonyl (C=O) groups excluding carboxylic acids is 1. The minimum absolute atomic E-state index is 0.0993. The maximum absolute atomic E-state index is 12.9. The van der Waals surface area contributed by atoms with E-state index in [1.165, 1.54) is 5.56 Å². The number of rotatable bonds is 5. The maximum Gasteiger partial charge on any atom is 0.242 e. The Balaban J connectivity index is 1.47. The Hall–Kier alpha value is -2.80. The molecule has 7 heteroatoms. The van der Waals surface area contributed by atoms with Crippen LogP contribution in [0, 0.1) is 0 Å². The van der Waals surface area contributed by atoms with Gasteiger partial charge < -0.3 is 19.3 Å². The topological polar surface area (TPSA) is 54.9 Å². The smallest absolute Gasteiger partial charge is 0.242 e. The van der Waals surface area contributed by atoms with Gasteiger partial charge in [-0.2, -0.15) is 0 Å². The third-order valence-electron chi connectivity index (χ3n) is 5.05. The van der Waals surface area contributed by atoms with Gasteiger partial charge in [0.05, 0.1) is 31.0 Å². The third-order valence-corrected chi connectivity index (χ3v) is 6.20. The van der Waals surface area contributed by atoms with E-state index in [1.807, 2.05) is 47.2 Å². The lowest BCUT2D eigenvalue weighted by molar-refractivity contribution is -0.130. The quantitative estimate of drug-likeness (QED) is 0.661. The van der Waals surface area contributed by atoms with Crippen LogP contribution in [0.1, 0.15) is 11.1 Å². The van der Waals surface area contributed by atoms with Gasteiger partial charge >= 0.3 is 0 Å². The fourth-order valence-electron chi connectivity index (χ4n) is 3.49. The number of hydrogen-bond donors (Lipinski definition) is 0. The van der Waals surface area contributed by atoms with Crippen molar-refractivity contribution in [2.75, 3.05) is 39.3 Å². The van der Waals surface area contributed by atoms with Crippen molar-refractivity contribution in [3.05, 3.63) is 47.5 Å². The van der Waals surface area contributed by atoms with Crippen molar-refractivity contribution in [2.24, 2.45) is 0 Å². The van der Waals surface area contributed by atoms with E-state index < -0.39 is 0 Å². The Bertz CT molecular complexity index is 984. The summed E-state index contributed by atoms with van der Waals surface area (Å²) in [6, 6.07) is 12.0. The molecule has 146 valence electrons. The van der Waals surface area contributed by atoms with Gasteiger partial charge in [-0.05, 0) is 41.8 Å². The standard InChI is InChI=1S/C21H23N3O3S/c1-23(21-22-16-6-4-5-7-19(16)28-21)13-20(25)24-9-8-14-10-17(26-2)18(27-3)11-15(14)12-24/h4-7,10-11H,8-9,12-13H2,1-3H3. The fraction of sp³-hybridized carbons (Fsp3) is 0.333. The number of methoxy groups -OCH3 is 2. The van der Waals surface area contributed by atoms with Crippen molar-refractivity contribution in [3.63, 3.8) is 0 Å². The SMILES string of the molecule is COc1cc2c(cc1OC)CN(C(=O)CN(C)c1nc3ccccc3s1)CC2. The van der Waals surface area contributed by atoms with Crippen molar-refractivity contribution in [1.29, 1.82) is 0 Å². The molecule has 0 saturated heterocycles. The average molecular weight is 398 g/mol. The second-order valence-corrected chi connectivity index (χ2v) is 7.87. The summed E-state index contributed by atoms with van der Waals surface area (Å²) in [5.41, 5.74) is 3.29. The van der Waals surface area contributed by atoms with E-state index in [-0.39, 0.29) is 5.91 Å². The van der Waals surface area contributed by atoms with Crippen molar-refractivity contribution >= 4 is 32.6 Å². The molecule has 0 spiro atoms. The molecule has 0 unspecified atom stereocenters. The van der Waals surface area contributed by atoms with Gasteiger partial charge in [0.25, 0.3) is 0 Å². The first-order valence-electron chi connectivity index (χ1n) is 9.17. The van der Waals surface area contributed by atoms with Crippen LogP contribution < -0.4 is 14.4 Å². The second kappa shape index (κ2) is 7.67. The molecule has 28 heavy (non-hydrogen) atoms. The number of thiazole rings is 1. The number of hydrogen-bond acceptors (Lipinski definition) is 6. The van der Waals surface area contributed by atoms with Crippen LogP contribution >= 0.6 is 11.3 Å². The Morgan fingerprint density at radius 1 is 1.18 bits per heavy atom. The zero-order valence-corrected chi connectivity index (χ0v) is 17.1. The highest BCUT2D eigenvalue weighted by molar-refractivity contribution is 7.22. The molecule has 0 atom stereocenters. The first kappa shape index (κ1) is 18.6. The van der Waals surface area contributed by atoms with Gasteiger partial charge in [-0.25, -0.2) is 4.98 Å². The minimum Gasteiger partial charge on any atom is -0.493 e. The molecule has 0 saturated carbocycles. The predicted octanol–water partition coefficient (Wildman–Crippen LogP) is 3.33. The normalized spacial score (nSPS) is 13.3. The van der Waals surface area contributed by atoms with E-state index in [1.54, 1.807) is 25.6 Å². The van der Waals surface area contributed by atoms with E-state index >= 15 is 0 Å². The number of benzene rings is 2. The number of likely N-dealkylation sites (N-methyl/N-ethyl adjacent to an activating group) is 1. The Labute approximate surface area is 168 Å². The summed E-state index contributed by atoms with van der Waals surface area (Å²) < 4.78 is 11.9. The van der Waals surface area contributed by atoms with Crippen molar-refractivity contribution < 1.29 is 14.3 Å². The van der Waals surface area contributed by atoms with Crippen LogP contribution in [-0.2, 0) is 17.8 Å². The van der Waals surface area contributed by atoms with Gasteiger partial charge in [0.2, 0.25) is 5.91 Å². The largest absolute Gasteiger partial charge is 0.493 e. The first-order valence-corrected chi connectivity index (χ1v) is 9.99. The number of nitrogens with zero attached hydrogens (tertiary/aromatic N) is 3. The molecule has 0 aliphatic carbocycles. The molecule has 2 heterocycles. The van der Waals surface area contributed by atoms with Crippen LogP contribution in [0.4, 0.5) is 5.13 Å². The van der Waals surface area contributed by atoms with Gasteiger partial charge in [0.1, 0.15) is 0 Å². The molecule has 0 radical (unpaired) electrons. The van der Waals surface area contributed by atoms with Gasteiger partial charge in [0.15, 0.2) is 16.6 Å². The summed E-state index contributed by atoms with van der Waals surface area (Å²) in [5, 5.41) is 0.860. The predicted molar refractivity (Wildman–Crippen MR) is 112 cm³/mol. The highest BCUT2D eigenvalue weighted by Crippen LogP contribution is 2.33. The molecule has 3 aromatic rings. The van der Waals surface area contributed by atoms with E-state index in [9.17, 15) is 4.79 Å². The lowest BCUT2D eigenvalue weighted by atomic mass is 9.98. The number of anilines is 1. The molecule has 4 rings (SSSR count). The zero-order valence-electron chi connectivity index (χ0n) is 16.3. The van der Waals surface area contributed by atoms with Crippen molar-refractivity contribution in [1.82, 2.24) is 9.88 Å². The summed E-state index contributed by atoms with van der Waals surface area (Å²) in [5.74, 6) is 1.53. The molecule has 0 fully saturated rings. The van der Waals surface area contributed by atoms with Crippen molar-refractivity contribution in [3.8, 4) is 11.5 Å². The summed E-state index contributed by atoms with van der Waals surface area (Å²) >= 11 is 1.61. The highest BCUT2D eigenvalue weighted by atomic mass is 32.1. The molecule has 0 bridgehead atoms. The van der Waals surface area contributed by atoms with E-state index in [4.69, 9.17) is 9.47 Å². The summed E-state index contributed by atoms with van der Waals surface area (Å²) in [7, 11) is 5.19. The van der Waals surface area contributed by atoms with E-state index in [2.05, 4.69) is 11.1 Å². The van der Waals surface area contributed by atoms with Gasteiger partial charge in [-0.1, -0.05) is 23.5 Å². The highest BCUT2D eigenvalue weighted by Gasteiger charge is 2.24. The molecule has 6 nitrogen and oxygen atoms in total. The molecule has 1 amide bonds. The number of aromatic nitrogens is 1. The fourth-order valence-corrected chi connectivity index (χ4v) is 4.42.